The van der Waals surface area contributed by atoms with Crippen molar-refractivity contribution in [2.24, 2.45) is 0 Å². The summed E-state index contributed by atoms with van der Waals surface area (Å²) in [6.45, 7) is 1.09. The molecule has 0 bridgehead atoms. The first-order valence-corrected chi connectivity index (χ1v) is 5.31. The first-order valence-electron chi connectivity index (χ1n) is 5.31. The van der Waals surface area contributed by atoms with Gasteiger partial charge in [-0.05, 0) is 31.5 Å². The van der Waals surface area contributed by atoms with Crippen LogP contribution in [0.3, 0.4) is 0 Å². The lowest BCUT2D eigenvalue weighted by atomic mass is 10.2. The van der Waals surface area contributed by atoms with Crippen LogP contribution in [0.25, 0.3) is 5.65 Å². The molecule has 1 fully saturated rings. The van der Waals surface area contributed by atoms with Crippen molar-refractivity contribution in [2.75, 3.05) is 12.3 Å². The Balaban J connectivity index is 2.09. The van der Waals surface area contributed by atoms with Crippen molar-refractivity contribution in [1.29, 1.82) is 0 Å². The molecular formula is C11H14N4. The Hall–Kier alpha value is -1.55. The third-order valence-corrected chi connectivity index (χ3v) is 2.95. The molecule has 3 heterocycles. The molecule has 0 amide bonds. The molecule has 0 saturated carbocycles. The number of nitrogens with two attached hydrogens (primary N) is 1. The topological polar surface area (TPSA) is 55.4 Å². The molecule has 1 atom stereocenters. The van der Waals surface area contributed by atoms with Gasteiger partial charge in [-0.2, -0.15) is 0 Å². The molecule has 0 radical (unpaired) electrons. The van der Waals surface area contributed by atoms with Gasteiger partial charge in [-0.15, -0.1) is 0 Å². The van der Waals surface area contributed by atoms with Crippen LogP contribution >= 0.6 is 0 Å². The molecular weight excluding hydrogens is 188 g/mol. The summed E-state index contributed by atoms with van der Waals surface area (Å²) in [6, 6.07) is 4.23. The number of fused-ring (bicyclic) bond motifs is 1. The molecule has 0 spiro atoms. The number of aromatic nitrogens is 2. The molecule has 4 nitrogen and oxygen atoms in total. The Morgan fingerprint density at radius 1 is 1.53 bits per heavy atom. The molecule has 3 N–H and O–H groups in total. The standard InChI is InChI=1S/C11H14N4/c12-8-3-2-6-15-7-10(14-11(8)15)9-4-1-5-13-9/h2-3,6-7,9,13H,1,4-5,12H2. The summed E-state index contributed by atoms with van der Waals surface area (Å²) < 4.78 is 1.99. The summed E-state index contributed by atoms with van der Waals surface area (Å²) in [4.78, 5) is 4.57. The fourth-order valence-electron chi connectivity index (χ4n) is 2.16. The van der Waals surface area contributed by atoms with Crippen molar-refractivity contribution in [3.8, 4) is 0 Å². The van der Waals surface area contributed by atoms with E-state index in [0.29, 0.717) is 6.04 Å². The second kappa shape index (κ2) is 3.24. The molecule has 4 heteroatoms. The molecule has 0 aromatic carbocycles. The van der Waals surface area contributed by atoms with Crippen LogP contribution in [-0.4, -0.2) is 15.9 Å². The largest absolute Gasteiger partial charge is 0.396 e. The normalized spacial score (nSPS) is 21.2. The molecule has 1 aliphatic rings. The van der Waals surface area contributed by atoms with Crippen LogP contribution in [0, 0.1) is 0 Å². The smallest absolute Gasteiger partial charge is 0.160 e. The lowest BCUT2D eigenvalue weighted by Crippen LogP contribution is -2.12. The number of hydrogen-bond donors (Lipinski definition) is 2. The highest BCUT2D eigenvalue weighted by molar-refractivity contribution is 5.64. The zero-order valence-corrected chi connectivity index (χ0v) is 8.48. The quantitative estimate of drug-likeness (QED) is 0.733. The van der Waals surface area contributed by atoms with Gasteiger partial charge in [-0.3, -0.25) is 0 Å². The predicted molar refractivity (Wildman–Crippen MR) is 59.6 cm³/mol. The van der Waals surface area contributed by atoms with Gasteiger partial charge in [-0.25, -0.2) is 4.98 Å². The van der Waals surface area contributed by atoms with E-state index in [1.54, 1.807) is 0 Å². The molecule has 0 aliphatic carbocycles. The van der Waals surface area contributed by atoms with Gasteiger partial charge in [0.05, 0.1) is 17.4 Å². The summed E-state index contributed by atoms with van der Waals surface area (Å²) in [5.41, 5.74) is 8.57. The Labute approximate surface area is 88.1 Å². The van der Waals surface area contributed by atoms with Crippen LogP contribution in [-0.2, 0) is 0 Å². The van der Waals surface area contributed by atoms with E-state index in [4.69, 9.17) is 5.73 Å². The van der Waals surface area contributed by atoms with Gasteiger partial charge in [0.2, 0.25) is 0 Å². The highest BCUT2D eigenvalue weighted by Gasteiger charge is 2.19. The number of anilines is 1. The number of nitrogens with zero attached hydrogens (tertiary/aromatic N) is 2. The highest BCUT2D eigenvalue weighted by atomic mass is 15.1. The molecule has 3 rings (SSSR count). The predicted octanol–water partition coefficient (Wildman–Crippen LogP) is 1.34. The third-order valence-electron chi connectivity index (χ3n) is 2.95. The zero-order chi connectivity index (χ0) is 10.3. The molecule has 15 heavy (non-hydrogen) atoms. The van der Waals surface area contributed by atoms with Crippen LogP contribution in [0.5, 0.6) is 0 Å². The number of hydrogen-bond acceptors (Lipinski definition) is 3. The minimum atomic E-state index is 0.407. The van der Waals surface area contributed by atoms with Crippen LogP contribution in [0.4, 0.5) is 5.69 Å². The van der Waals surface area contributed by atoms with Crippen molar-refractivity contribution in [2.45, 2.75) is 18.9 Å². The maximum Gasteiger partial charge on any atom is 0.160 e. The fourth-order valence-corrected chi connectivity index (χ4v) is 2.16. The number of pyridine rings is 1. The Morgan fingerprint density at radius 3 is 3.20 bits per heavy atom. The van der Waals surface area contributed by atoms with E-state index >= 15 is 0 Å². The molecule has 1 aliphatic heterocycles. The zero-order valence-electron chi connectivity index (χ0n) is 8.48. The van der Waals surface area contributed by atoms with E-state index < -0.39 is 0 Å². The molecule has 2 aromatic heterocycles. The third kappa shape index (κ3) is 1.37. The SMILES string of the molecule is Nc1cccn2cc(C3CCCN3)nc12. The van der Waals surface area contributed by atoms with E-state index in [2.05, 4.69) is 16.5 Å². The van der Waals surface area contributed by atoms with Crippen LogP contribution in [0.2, 0.25) is 0 Å². The Kier molecular flexibility index (Phi) is 1.89. The highest BCUT2D eigenvalue weighted by Crippen LogP contribution is 2.23. The number of nitrogens with one attached hydrogen (secondary N) is 1. The van der Waals surface area contributed by atoms with Crippen LogP contribution in [0.1, 0.15) is 24.6 Å². The van der Waals surface area contributed by atoms with Gasteiger partial charge in [0.15, 0.2) is 5.65 Å². The molecule has 2 aromatic rings. The van der Waals surface area contributed by atoms with Gasteiger partial charge in [0.1, 0.15) is 0 Å². The molecule has 78 valence electrons. The minimum Gasteiger partial charge on any atom is -0.396 e. The second-order valence-electron chi connectivity index (χ2n) is 4.01. The summed E-state index contributed by atoms with van der Waals surface area (Å²) >= 11 is 0. The fraction of sp³-hybridized carbons (Fsp3) is 0.364. The monoisotopic (exact) mass is 202 g/mol. The molecule has 1 saturated heterocycles. The van der Waals surface area contributed by atoms with E-state index in [1.807, 2.05) is 22.7 Å². The van der Waals surface area contributed by atoms with Crippen molar-refractivity contribution < 1.29 is 0 Å². The average Bonchev–Trinajstić information content (AvgIpc) is 2.86. The number of nitrogen functional groups attached to an aromatic ring is 1. The Morgan fingerprint density at radius 2 is 2.47 bits per heavy atom. The lowest BCUT2D eigenvalue weighted by Gasteiger charge is -2.04. The first kappa shape index (κ1) is 8.73. The first-order chi connectivity index (χ1) is 7.34. The van der Waals surface area contributed by atoms with E-state index in [0.717, 1.165) is 23.6 Å². The van der Waals surface area contributed by atoms with Gasteiger partial charge in [-0.1, -0.05) is 0 Å². The van der Waals surface area contributed by atoms with Crippen molar-refractivity contribution in [3.63, 3.8) is 0 Å². The number of imidazole rings is 1. The van der Waals surface area contributed by atoms with Crippen molar-refractivity contribution in [1.82, 2.24) is 14.7 Å². The maximum atomic E-state index is 5.86. The van der Waals surface area contributed by atoms with Crippen molar-refractivity contribution >= 4 is 11.3 Å². The average molecular weight is 202 g/mol. The number of rotatable bonds is 1. The van der Waals surface area contributed by atoms with Crippen LogP contribution in [0.15, 0.2) is 24.5 Å². The van der Waals surface area contributed by atoms with Crippen molar-refractivity contribution in [3.05, 3.63) is 30.2 Å². The van der Waals surface area contributed by atoms with Gasteiger partial charge in [0.25, 0.3) is 0 Å². The van der Waals surface area contributed by atoms with Gasteiger partial charge >= 0.3 is 0 Å². The van der Waals surface area contributed by atoms with Gasteiger partial charge in [0, 0.05) is 12.4 Å². The van der Waals surface area contributed by atoms with E-state index in [1.165, 1.54) is 12.8 Å². The summed E-state index contributed by atoms with van der Waals surface area (Å²) in [5.74, 6) is 0. The summed E-state index contributed by atoms with van der Waals surface area (Å²) in [7, 11) is 0. The Bertz CT molecular complexity index is 482. The summed E-state index contributed by atoms with van der Waals surface area (Å²) in [5, 5.41) is 3.44. The van der Waals surface area contributed by atoms with Crippen LogP contribution < -0.4 is 11.1 Å². The maximum absolute atomic E-state index is 5.86. The minimum absolute atomic E-state index is 0.407. The lowest BCUT2D eigenvalue weighted by molar-refractivity contribution is 0.632. The molecule has 1 unspecified atom stereocenters. The summed E-state index contributed by atoms with van der Waals surface area (Å²) in [6.07, 6.45) is 6.45. The van der Waals surface area contributed by atoms with Gasteiger partial charge < -0.3 is 15.5 Å². The second-order valence-corrected chi connectivity index (χ2v) is 4.01. The van der Waals surface area contributed by atoms with E-state index in [-0.39, 0.29) is 0 Å². The van der Waals surface area contributed by atoms with E-state index in [9.17, 15) is 0 Å².